The van der Waals surface area contributed by atoms with Gasteiger partial charge in [0.15, 0.2) is 5.16 Å². The van der Waals surface area contributed by atoms with Crippen molar-refractivity contribution in [1.82, 2.24) is 14.8 Å². The summed E-state index contributed by atoms with van der Waals surface area (Å²) < 4.78 is 21.2. The zero-order valence-electron chi connectivity index (χ0n) is 16.7. The first-order valence-electron chi connectivity index (χ1n) is 9.85. The van der Waals surface area contributed by atoms with Crippen LogP contribution in [0.15, 0.2) is 77.3 Å². The summed E-state index contributed by atoms with van der Waals surface area (Å²) in [6.45, 7) is 0.239. The molecule has 0 spiro atoms. The monoisotopic (exact) mass is 455 g/mol. The summed E-state index contributed by atoms with van der Waals surface area (Å²) in [6.07, 6.45) is -0.0209. The highest BCUT2D eigenvalue weighted by molar-refractivity contribution is 7.99. The predicted octanol–water partition coefficient (Wildman–Crippen LogP) is 4.73. The lowest BCUT2D eigenvalue weighted by atomic mass is 10.2. The van der Waals surface area contributed by atoms with E-state index in [1.807, 2.05) is 46.3 Å². The lowest BCUT2D eigenvalue weighted by Crippen LogP contribution is -2.18. The molecule has 0 amide bonds. The molecule has 8 heteroatoms. The molecule has 1 unspecified atom stereocenters. The molecule has 0 radical (unpaired) electrons. The Balaban J connectivity index is 1.39. The predicted molar refractivity (Wildman–Crippen MR) is 121 cm³/mol. The van der Waals surface area contributed by atoms with E-state index in [1.54, 1.807) is 29.5 Å². The van der Waals surface area contributed by atoms with Crippen molar-refractivity contribution >= 4 is 23.1 Å². The summed E-state index contributed by atoms with van der Waals surface area (Å²) in [7, 11) is 0. The van der Waals surface area contributed by atoms with Crippen molar-refractivity contribution in [3.8, 4) is 5.69 Å². The number of thioether (sulfide) groups is 1. The highest BCUT2D eigenvalue weighted by Gasteiger charge is 2.17. The maximum absolute atomic E-state index is 13.7. The van der Waals surface area contributed by atoms with Gasteiger partial charge >= 0.3 is 0 Å². The standard InChI is InChI=1S/C23H22FN3O2S2/c24-21-11-5-4-7-17(21)14-29-15-19(28)16-31-23-26-25-22(13-20-10-6-12-30-20)27(23)18-8-2-1-3-9-18/h1-12,19,28H,13-16H2. The van der Waals surface area contributed by atoms with E-state index in [2.05, 4.69) is 16.3 Å². The number of rotatable bonds is 10. The summed E-state index contributed by atoms with van der Waals surface area (Å²) >= 11 is 3.11. The summed E-state index contributed by atoms with van der Waals surface area (Å²) in [5.74, 6) is 0.934. The molecule has 31 heavy (non-hydrogen) atoms. The highest BCUT2D eigenvalue weighted by atomic mass is 32.2. The molecule has 4 rings (SSSR count). The van der Waals surface area contributed by atoms with Crippen molar-refractivity contribution in [2.45, 2.75) is 24.3 Å². The van der Waals surface area contributed by atoms with Crippen molar-refractivity contribution in [1.29, 1.82) is 0 Å². The van der Waals surface area contributed by atoms with E-state index in [0.29, 0.717) is 22.9 Å². The Morgan fingerprint density at radius 2 is 1.84 bits per heavy atom. The summed E-state index contributed by atoms with van der Waals surface area (Å²) in [6, 6.07) is 20.5. The third-order valence-corrected chi connectivity index (χ3v) is 6.51. The molecule has 0 aliphatic rings. The number of benzene rings is 2. The molecule has 5 nitrogen and oxygen atoms in total. The Morgan fingerprint density at radius 1 is 1.03 bits per heavy atom. The SMILES string of the molecule is OC(COCc1ccccc1F)CSc1nnc(Cc2cccs2)n1-c1ccccc1. The Bertz CT molecular complexity index is 1090. The van der Waals surface area contributed by atoms with E-state index >= 15 is 0 Å². The van der Waals surface area contributed by atoms with Gasteiger partial charge in [-0.1, -0.05) is 54.2 Å². The normalized spacial score (nSPS) is 12.2. The third-order valence-electron chi connectivity index (χ3n) is 4.56. The van der Waals surface area contributed by atoms with Crippen LogP contribution in [0.4, 0.5) is 4.39 Å². The number of aliphatic hydroxyl groups excluding tert-OH is 1. The van der Waals surface area contributed by atoms with Crippen molar-refractivity contribution < 1.29 is 14.2 Å². The maximum Gasteiger partial charge on any atom is 0.195 e. The van der Waals surface area contributed by atoms with Gasteiger partial charge in [-0.3, -0.25) is 4.57 Å². The maximum atomic E-state index is 13.7. The zero-order chi connectivity index (χ0) is 21.5. The number of nitrogens with zero attached hydrogens (tertiary/aromatic N) is 3. The number of hydrogen-bond donors (Lipinski definition) is 1. The minimum Gasteiger partial charge on any atom is -0.390 e. The molecule has 0 aliphatic carbocycles. The minimum absolute atomic E-state index is 0.114. The molecule has 0 saturated carbocycles. The molecule has 1 atom stereocenters. The second-order valence-corrected chi connectivity index (χ2v) is 8.92. The van der Waals surface area contributed by atoms with Crippen LogP contribution in [0.5, 0.6) is 0 Å². The van der Waals surface area contributed by atoms with E-state index in [0.717, 1.165) is 11.5 Å². The van der Waals surface area contributed by atoms with Gasteiger partial charge < -0.3 is 9.84 Å². The second-order valence-electron chi connectivity index (χ2n) is 6.90. The molecular weight excluding hydrogens is 433 g/mol. The lowest BCUT2D eigenvalue weighted by Gasteiger charge is -2.13. The van der Waals surface area contributed by atoms with Crippen LogP contribution in [0.3, 0.4) is 0 Å². The van der Waals surface area contributed by atoms with Crippen LogP contribution in [-0.4, -0.2) is 38.3 Å². The minimum atomic E-state index is -0.710. The van der Waals surface area contributed by atoms with Crippen molar-refractivity contribution in [3.63, 3.8) is 0 Å². The van der Waals surface area contributed by atoms with E-state index in [4.69, 9.17) is 4.74 Å². The van der Waals surface area contributed by atoms with Gasteiger partial charge in [-0.05, 0) is 29.6 Å². The first-order chi connectivity index (χ1) is 15.2. The average molecular weight is 456 g/mol. The van der Waals surface area contributed by atoms with E-state index < -0.39 is 6.10 Å². The van der Waals surface area contributed by atoms with Crippen LogP contribution >= 0.6 is 23.1 Å². The van der Waals surface area contributed by atoms with Gasteiger partial charge in [-0.25, -0.2) is 4.39 Å². The molecule has 0 bridgehead atoms. The number of ether oxygens (including phenoxy) is 1. The van der Waals surface area contributed by atoms with Gasteiger partial charge in [0.25, 0.3) is 0 Å². The number of halogens is 1. The summed E-state index contributed by atoms with van der Waals surface area (Å²) in [4.78, 5) is 1.21. The zero-order valence-corrected chi connectivity index (χ0v) is 18.4. The summed E-state index contributed by atoms with van der Waals surface area (Å²) in [5.41, 5.74) is 1.45. The van der Waals surface area contributed by atoms with Gasteiger partial charge in [0, 0.05) is 28.3 Å². The van der Waals surface area contributed by atoms with Crippen molar-refractivity contribution in [2.75, 3.05) is 12.4 Å². The molecule has 4 aromatic rings. The molecule has 2 aromatic carbocycles. The van der Waals surface area contributed by atoms with Crippen LogP contribution < -0.4 is 0 Å². The van der Waals surface area contributed by atoms with Crippen LogP contribution in [0.25, 0.3) is 5.69 Å². The molecule has 0 aliphatic heterocycles. The van der Waals surface area contributed by atoms with E-state index in [-0.39, 0.29) is 19.0 Å². The molecular formula is C23H22FN3O2S2. The molecule has 160 valence electrons. The molecule has 0 saturated heterocycles. The number of thiophene rings is 1. The first-order valence-corrected chi connectivity index (χ1v) is 11.7. The van der Waals surface area contributed by atoms with Crippen LogP contribution in [0.1, 0.15) is 16.3 Å². The van der Waals surface area contributed by atoms with Crippen molar-refractivity contribution in [2.24, 2.45) is 0 Å². The van der Waals surface area contributed by atoms with Crippen molar-refractivity contribution in [3.05, 3.63) is 94.2 Å². The molecule has 2 heterocycles. The number of hydrogen-bond acceptors (Lipinski definition) is 6. The van der Waals surface area contributed by atoms with Crippen LogP contribution in [0, 0.1) is 5.82 Å². The largest absolute Gasteiger partial charge is 0.390 e. The fraction of sp³-hybridized carbons (Fsp3) is 0.217. The fourth-order valence-electron chi connectivity index (χ4n) is 3.05. The van der Waals surface area contributed by atoms with Gasteiger partial charge in [0.2, 0.25) is 0 Å². The Morgan fingerprint density at radius 3 is 2.61 bits per heavy atom. The van der Waals surface area contributed by atoms with E-state index in [1.165, 1.54) is 22.7 Å². The van der Waals surface area contributed by atoms with Gasteiger partial charge in [0.05, 0.1) is 19.3 Å². The average Bonchev–Trinajstić information content (AvgIpc) is 3.44. The number of aromatic nitrogens is 3. The third kappa shape index (κ3) is 5.80. The highest BCUT2D eigenvalue weighted by Crippen LogP contribution is 2.25. The van der Waals surface area contributed by atoms with E-state index in [9.17, 15) is 9.50 Å². The lowest BCUT2D eigenvalue weighted by molar-refractivity contribution is 0.0386. The fourth-order valence-corrected chi connectivity index (χ4v) is 4.63. The topological polar surface area (TPSA) is 60.2 Å². The molecule has 2 aromatic heterocycles. The molecule has 1 N–H and O–H groups in total. The van der Waals surface area contributed by atoms with Gasteiger partial charge in [-0.2, -0.15) is 0 Å². The Kier molecular flexibility index (Phi) is 7.48. The number of para-hydroxylation sites is 1. The van der Waals surface area contributed by atoms with Crippen LogP contribution in [0.2, 0.25) is 0 Å². The van der Waals surface area contributed by atoms with Gasteiger partial charge in [-0.15, -0.1) is 21.5 Å². The quantitative estimate of drug-likeness (QED) is 0.351. The molecule has 0 fully saturated rings. The Labute approximate surface area is 188 Å². The summed E-state index contributed by atoms with van der Waals surface area (Å²) in [5, 5.41) is 21.9. The first kappa shape index (κ1) is 21.7. The van der Waals surface area contributed by atoms with Gasteiger partial charge in [0.1, 0.15) is 11.6 Å². The van der Waals surface area contributed by atoms with Crippen LogP contribution in [-0.2, 0) is 17.8 Å². The Hall–Kier alpha value is -2.52. The number of aliphatic hydroxyl groups is 1. The second kappa shape index (κ2) is 10.7. The smallest absolute Gasteiger partial charge is 0.195 e.